The first-order valence-corrected chi connectivity index (χ1v) is 10.3. The first-order valence-electron chi connectivity index (χ1n) is 8.05. The second-order valence-electron chi connectivity index (χ2n) is 5.63. The summed E-state index contributed by atoms with van der Waals surface area (Å²) in [6.07, 6.45) is 0. The zero-order chi connectivity index (χ0) is 19.7. The van der Waals surface area contributed by atoms with E-state index in [4.69, 9.17) is 8.60 Å². The van der Waals surface area contributed by atoms with E-state index in [-0.39, 0.29) is 21.4 Å². The van der Waals surface area contributed by atoms with E-state index in [9.17, 15) is 13.2 Å². The Morgan fingerprint density at radius 1 is 1.07 bits per heavy atom. The Morgan fingerprint density at radius 2 is 1.82 bits per heavy atom. The standard InChI is InChI=1S/C19H13NO6S2/c1-24-19(21)17-16(10-11-27-17)28(22,23)26-14-8-4-2-6-12(14)18-20-13-7-3-5-9-15(13)25-18/h2-11H,1H3. The smallest absolute Gasteiger partial charge is 0.349 e. The summed E-state index contributed by atoms with van der Waals surface area (Å²) in [6.45, 7) is 0. The van der Waals surface area contributed by atoms with Gasteiger partial charge in [0, 0.05) is 0 Å². The van der Waals surface area contributed by atoms with Gasteiger partial charge in [0.05, 0.1) is 12.7 Å². The minimum Gasteiger partial charge on any atom is -0.465 e. The van der Waals surface area contributed by atoms with Crippen LogP contribution in [-0.2, 0) is 14.9 Å². The van der Waals surface area contributed by atoms with Gasteiger partial charge in [0.1, 0.15) is 15.3 Å². The number of benzene rings is 2. The van der Waals surface area contributed by atoms with Crippen LogP contribution < -0.4 is 4.18 Å². The van der Waals surface area contributed by atoms with Crippen molar-refractivity contribution >= 4 is 38.5 Å². The van der Waals surface area contributed by atoms with Crippen LogP contribution in [0.2, 0.25) is 0 Å². The molecule has 0 spiro atoms. The number of fused-ring (bicyclic) bond motifs is 1. The average Bonchev–Trinajstić information content (AvgIpc) is 3.35. The van der Waals surface area contributed by atoms with Crippen molar-refractivity contribution in [1.29, 1.82) is 0 Å². The lowest BCUT2D eigenvalue weighted by Gasteiger charge is -2.09. The van der Waals surface area contributed by atoms with E-state index in [1.54, 1.807) is 30.3 Å². The number of methoxy groups -OCH3 is 1. The molecule has 0 saturated carbocycles. The second kappa shape index (κ2) is 7.10. The Bertz CT molecular complexity index is 1240. The maximum absolute atomic E-state index is 12.8. The molecule has 0 atom stereocenters. The predicted octanol–water partition coefficient (Wildman–Crippen LogP) is 4.11. The van der Waals surface area contributed by atoms with Crippen molar-refractivity contribution < 1.29 is 26.5 Å². The van der Waals surface area contributed by atoms with Gasteiger partial charge in [-0.1, -0.05) is 24.3 Å². The number of thiophene rings is 1. The van der Waals surface area contributed by atoms with Crippen LogP contribution in [0.5, 0.6) is 5.75 Å². The highest BCUT2D eigenvalue weighted by Gasteiger charge is 2.28. The van der Waals surface area contributed by atoms with E-state index in [2.05, 4.69) is 9.72 Å². The molecule has 0 aliphatic rings. The van der Waals surface area contributed by atoms with Crippen molar-refractivity contribution in [2.24, 2.45) is 0 Å². The molecule has 142 valence electrons. The summed E-state index contributed by atoms with van der Waals surface area (Å²) in [4.78, 5) is 15.9. The van der Waals surface area contributed by atoms with E-state index in [1.807, 2.05) is 12.1 Å². The van der Waals surface area contributed by atoms with Crippen LogP contribution in [0, 0.1) is 0 Å². The number of esters is 1. The fraction of sp³-hybridized carbons (Fsp3) is 0.0526. The van der Waals surface area contributed by atoms with Gasteiger partial charge < -0.3 is 13.3 Å². The van der Waals surface area contributed by atoms with Gasteiger partial charge >= 0.3 is 16.1 Å². The van der Waals surface area contributed by atoms with Gasteiger partial charge in [-0.15, -0.1) is 11.3 Å². The van der Waals surface area contributed by atoms with Crippen LogP contribution in [0.4, 0.5) is 0 Å². The number of nitrogens with zero attached hydrogens (tertiary/aromatic N) is 1. The summed E-state index contributed by atoms with van der Waals surface area (Å²) in [5, 5.41) is 1.48. The molecule has 0 saturated heterocycles. The lowest BCUT2D eigenvalue weighted by molar-refractivity contribution is 0.0602. The monoisotopic (exact) mass is 415 g/mol. The SMILES string of the molecule is COC(=O)c1sccc1S(=O)(=O)Oc1ccccc1-c1nc2ccccc2o1. The fourth-order valence-corrected chi connectivity index (χ4v) is 4.86. The van der Waals surface area contributed by atoms with Crippen molar-refractivity contribution in [1.82, 2.24) is 4.98 Å². The van der Waals surface area contributed by atoms with Crippen LogP contribution in [-0.4, -0.2) is 26.5 Å². The van der Waals surface area contributed by atoms with Crippen LogP contribution in [0.25, 0.3) is 22.6 Å². The third-order valence-electron chi connectivity index (χ3n) is 3.88. The second-order valence-corrected chi connectivity index (χ2v) is 8.06. The fourth-order valence-electron chi connectivity index (χ4n) is 2.60. The average molecular weight is 415 g/mol. The van der Waals surface area contributed by atoms with Gasteiger partial charge in [0.15, 0.2) is 11.3 Å². The first-order chi connectivity index (χ1) is 13.5. The number of oxazole rings is 1. The molecule has 0 fully saturated rings. The molecule has 2 heterocycles. The normalized spacial score (nSPS) is 11.5. The molecule has 0 aliphatic carbocycles. The van der Waals surface area contributed by atoms with Gasteiger partial charge in [-0.3, -0.25) is 0 Å². The number of rotatable bonds is 5. The molecule has 0 amide bonds. The molecule has 0 aliphatic heterocycles. The Morgan fingerprint density at radius 3 is 2.61 bits per heavy atom. The summed E-state index contributed by atoms with van der Waals surface area (Å²) in [6, 6.07) is 15.0. The van der Waals surface area contributed by atoms with E-state index < -0.39 is 16.1 Å². The molecule has 0 radical (unpaired) electrons. The third kappa shape index (κ3) is 3.25. The van der Waals surface area contributed by atoms with Crippen LogP contribution in [0.15, 0.2) is 69.3 Å². The summed E-state index contributed by atoms with van der Waals surface area (Å²) < 4.78 is 41.3. The third-order valence-corrected chi connectivity index (χ3v) is 6.18. The quantitative estimate of drug-likeness (QED) is 0.357. The highest BCUT2D eigenvalue weighted by molar-refractivity contribution is 7.87. The molecule has 0 N–H and O–H groups in total. The molecule has 2 aromatic carbocycles. The van der Waals surface area contributed by atoms with Crippen molar-refractivity contribution in [3.05, 3.63) is 64.9 Å². The number of hydrogen-bond acceptors (Lipinski definition) is 8. The van der Waals surface area contributed by atoms with Gasteiger partial charge in [-0.2, -0.15) is 8.42 Å². The molecule has 4 rings (SSSR count). The summed E-state index contributed by atoms with van der Waals surface area (Å²) >= 11 is 0.959. The van der Waals surface area contributed by atoms with E-state index in [1.165, 1.54) is 24.6 Å². The lowest BCUT2D eigenvalue weighted by atomic mass is 10.2. The number of hydrogen-bond donors (Lipinski definition) is 0. The molecule has 7 nitrogen and oxygen atoms in total. The van der Waals surface area contributed by atoms with Gasteiger partial charge in [-0.05, 0) is 35.7 Å². The van der Waals surface area contributed by atoms with Crippen molar-refractivity contribution in [3.63, 3.8) is 0 Å². The minimum absolute atomic E-state index is 0.0380. The number of aromatic nitrogens is 1. The maximum atomic E-state index is 12.8. The first kappa shape index (κ1) is 18.2. The van der Waals surface area contributed by atoms with Gasteiger partial charge in [-0.25, -0.2) is 9.78 Å². The predicted molar refractivity (Wildman–Crippen MR) is 103 cm³/mol. The highest BCUT2D eigenvalue weighted by Crippen LogP contribution is 2.34. The van der Waals surface area contributed by atoms with Crippen molar-refractivity contribution in [2.45, 2.75) is 4.90 Å². The molecule has 28 heavy (non-hydrogen) atoms. The van der Waals surface area contributed by atoms with E-state index in [0.29, 0.717) is 16.7 Å². The largest absolute Gasteiger partial charge is 0.465 e. The van der Waals surface area contributed by atoms with Crippen LogP contribution in [0.3, 0.4) is 0 Å². The number of para-hydroxylation sites is 3. The van der Waals surface area contributed by atoms with Crippen molar-refractivity contribution in [2.75, 3.05) is 7.11 Å². The molecule has 0 bridgehead atoms. The highest BCUT2D eigenvalue weighted by atomic mass is 32.2. The zero-order valence-electron chi connectivity index (χ0n) is 14.5. The van der Waals surface area contributed by atoms with Gasteiger partial charge in [0.25, 0.3) is 0 Å². The van der Waals surface area contributed by atoms with Crippen LogP contribution >= 0.6 is 11.3 Å². The number of carbonyl (C=O) groups excluding carboxylic acids is 1. The number of carbonyl (C=O) groups is 1. The maximum Gasteiger partial charge on any atom is 0.349 e. The van der Waals surface area contributed by atoms with E-state index in [0.717, 1.165) is 11.3 Å². The van der Waals surface area contributed by atoms with Gasteiger partial charge in [0.2, 0.25) is 5.89 Å². The zero-order valence-corrected chi connectivity index (χ0v) is 16.1. The van der Waals surface area contributed by atoms with Crippen LogP contribution in [0.1, 0.15) is 9.67 Å². The molecular weight excluding hydrogens is 402 g/mol. The van der Waals surface area contributed by atoms with Crippen molar-refractivity contribution in [3.8, 4) is 17.2 Å². The topological polar surface area (TPSA) is 95.7 Å². The van der Waals surface area contributed by atoms with E-state index >= 15 is 0 Å². The summed E-state index contributed by atoms with van der Waals surface area (Å²) in [7, 11) is -3.09. The summed E-state index contributed by atoms with van der Waals surface area (Å²) in [5.74, 6) is -0.481. The molecule has 2 aromatic heterocycles. The molecule has 0 unspecified atom stereocenters. The molecule has 4 aromatic rings. The lowest BCUT2D eigenvalue weighted by Crippen LogP contribution is -2.13. The Labute approximate surface area is 164 Å². The Balaban J connectivity index is 1.75. The summed E-state index contributed by atoms with van der Waals surface area (Å²) in [5.41, 5.74) is 1.58. The Kier molecular flexibility index (Phi) is 4.62. The number of ether oxygens (including phenoxy) is 1. The Hall–Kier alpha value is -3.17. The minimum atomic E-state index is -4.28. The molecular formula is C19H13NO6S2. The molecule has 9 heteroatoms.